The minimum absolute atomic E-state index is 0.00945. The largest absolute Gasteiger partial charge is 0.339 e. The summed E-state index contributed by atoms with van der Waals surface area (Å²) in [5.41, 5.74) is 3.15. The van der Waals surface area contributed by atoms with Crippen LogP contribution in [0.2, 0.25) is 10.0 Å². The number of nitrogens with one attached hydrogen (secondary N) is 1. The van der Waals surface area contributed by atoms with Gasteiger partial charge in [0.15, 0.2) is 5.82 Å². The number of benzene rings is 3. The van der Waals surface area contributed by atoms with Gasteiger partial charge in [-0.25, -0.2) is 4.39 Å². The fourth-order valence-electron chi connectivity index (χ4n) is 5.26. The first-order chi connectivity index (χ1) is 18.8. The highest BCUT2D eigenvalue weighted by molar-refractivity contribution is 6.35. The first-order valence-corrected chi connectivity index (χ1v) is 13.7. The lowest BCUT2D eigenvalue weighted by atomic mass is 9.89. The molecule has 0 aliphatic carbocycles. The molecule has 0 saturated carbocycles. The summed E-state index contributed by atoms with van der Waals surface area (Å²) in [7, 11) is 0. The molecule has 3 amide bonds. The van der Waals surface area contributed by atoms with E-state index in [9.17, 15) is 18.8 Å². The van der Waals surface area contributed by atoms with E-state index in [0.29, 0.717) is 31.9 Å². The van der Waals surface area contributed by atoms with Gasteiger partial charge in [-0.1, -0.05) is 65.7 Å². The van der Waals surface area contributed by atoms with Crippen molar-refractivity contribution in [1.29, 1.82) is 0 Å². The number of hydrogen-bond acceptors (Lipinski definition) is 3. The second-order valence-corrected chi connectivity index (χ2v) is 10.9. The summed E-state index contributed by atoms with van der Waals surface area (Å²) in [6.45, 7) is 2.03. The van der Waals surface area contributed by atoms with Crippen LogP contribution in [0.4, 0.5) is 10.1 Å². The number of rotatable bonds is 6. The third-order valence-electron chi connectivity index (χ3n) is 7.46. The van der Waals surface area contributed by atoms with E-state index in [1.54, 1.807) is 9.80 Å². The summed E-state index contributed by atoms with van der Waals surface area (Å²) in [5, 5.41) is 2.61. The van der Waals surface area contributed by atoms with Crippen molar-refractivity contribution in [3.63, 3.8) is 0 Å². The van der Waals surface area contributed by atoms with Crippen LogP contribution in [0, 0.1) is 11.7 Å². The number of nitrogens with zero attached hydrogens (tertiary/aromatic N) is 2. The molecule has 2 fully saturated rings. The monoisotopic (exact) mass is 567 g/mol. The number of anilines is 1. The van der Waals surface area contributed by atoms with Crippen molar-refractivity contribution in [2.75, 3.05) is 25.0 Å². The molecule has 2 heterocycles. The highest BCUT2D eigenvalue weighted by atomic mass is 35.5. The molecule has 1 atom stereocenters. The van der Waals surface area contributed by atoms with Gasteiger partial charge in [-0.3, -0.25) is 14.4 Å². The standard InChI is InChI=1S/C30H28Cl2FN3O3/c31-25-14-22(15-26(32)28(25)33)30(39)35-12-10-21(11-13-35)20-6-8-24(9-7-20)34-29(38)23-16-27(37)36(18-23)17-19-4-2-1-3-5-19/h1-9,14-15,21,23H,10-13,16-18H2,(H,34,38)/t23-/m1/s1. The van der Waals surface area contributed by atoms with E-state index in [-0.39, 0.29) is 51.6 Å². The van der Waals surface area contributed by atoms with Gasteiger partial charge in [0.05, 0.1) is 16.0 Å². The van der Waals surface area contributed by atoms with Crippen molar-refractivity contribution in [2.45, 2.75) is 31.7 Å². The molecule has 3 aromatic rings. The Kier molecular flexibility index (Phi) is 8.19. The van der Waals surface area contributed by atoms with Gasteiger partial charge >= 0.3 is 0 Å². The fraction of sp³-hybridized carbons (Fsp3) is 0.300. The smallest absolute Gasteiger partial charge is 0.253 e. The fourth-order valence-corrected chi connectivity index (χ4v) is 5.75. The average molecular weight is 568 g/mol. The summed E-state index contributed by atoms with van der Waals surface area (Å²) in [5.74, 6) is -1.21. The molecule has 0 radical (unpaired) electrons. The molecular weight excluding hydrogens is 540 g/mol. The van der Waals surface area contributed by atoms with Gasteiger partial charge in [-0.15, -0.1) is 0 Å². The zero-order valence-corrected chi connectivity index (χ0v) is 22.7. The molecule has 5 rings (SSSR count). The van der Waals surface area contributed by atoms with Crippen LogP contribution in [-0.2, 0) is 16.1 Å². The quantitative estimate of drug-likeness (QED) is 0.364. The maximum absolute atomic E-state index is 13.7. The normalized spacial score (nSPS) is 17.9. The SMILES string of the molecule is O=C(Nc1ccc(C2CCN(C(=O)c3cc(Cl)c(F)c(Cl)c3)CC2)cc1)[C@@H]1CC(=O)N(Cc2ccccc2)C1. The molecule has 0 bridgehead atoms. The van der Waals surface area contributed by atoms with Crippen LogP contribution in [0.1, 0.15) is 46.7 Å². The number of carbonyl (C=O) groups is 3. The molecule has 1 N–H and O–H groups in total. The Morgan fingerprint density at radius 3 is 2.23 bits per heavy atom. The second-order valence-electron chi connectivity index (χ2n) is 10.1. The Bertz CT molecular complexity index is 1350. The summed E-state index contributed by atoms with van der Waals surface area (Å²) in [4.78, 5) is 41.6. The zero-order valence-electron chi connectivity index (χ0n) is 21.2. The van der Waals surface area contributed by atoms with Gasteiger partial charge in [0.2, 0.25) is 11.8 Å². The van der Waals surface area contributed by atoms with Gasteiger partial charge in [-0.2, -0.15) is 0 Å². The van der Waals surface area contributed by atoms with Crippen molar-refractivity contribution in [2.24, 2.45) is 5.92 Å². The van der Waals surface area contributed by atoms with Gasteiger partial charge in [0, 0.05) is 43.9 Å². The number of carbonyl (C=O) groups excluding carboxylic acids is 3. The lowest BCUT2D eigenvalue weighted by Crippen LogP contribution is -2.38. The van der Waals surface area contributed by atoms with E-state index in [4.69, 9.17) is 23.2 Å². The Morgan fingerprint density at radius 1 is 0.949 bits per heavy atom. The zero-order chi connectivity index (χ0) is 27.5. The molecule has 6 nitrogen and oxygen atoms in total. The minimum Gasteiger partial charge on any atom is -0.339 e. The molecule has 0 aromatic heterocycles. The number of likely N-dealkylation sites (tertiary alicyclic amines) is 2. The third kappa shape index (κ3) is 6.26. The number of halogens is 3. The summed E-state index contributed by atoms with van der Waals surface area (Å²) in [6.07, 6.45) is 1.77. The van der Waals surface area contributed by atoms with Gasteiger partial charge in [-0.05, 0) is 54.2 Å². The molecule has 0 spiro atoms. The predicted octanol–water partition coefficient (Wildman–Crippen LogP) is 6.14. The lowest BCUT2D eigenvalue weighted by Gasteiger charge is -2.32. The van der Waals surface area contributed by atoms with Crippen molar-refractivity contribution >= 4 is 46.6 Å². The van der Waals surface area contributed by atoms with Gasteiger partial charge < -0.3 is 15.1 Å². The Morgan fingerprint density at radius 2 is 1.59 bits per heavy atom. The van der Waals surface area contributed by atoms with Crippen LogP contribution in [0.25, 0.3) is 0 Å². The predicted molar refractivity (Wildman–Crippen MR) is 149 cm³/mol. The summed E-state index contributed by atoms with van der Waals surface area (Å²) in [6, 6.07) is 20.1. The minimum atomic E-state index is -0.727. The van der Waals surface area contributed by atoms with E-state index < -0.39 is 5.82 Å². The van der Waals surface area contributed by atoms with Gasteiger partial charge in [0.1, 0.15) is 0 Å². The Labute approximate surface area is 236 Å². The van der Waals surface area contributed by atoms with E-state index in [1.165, 1.54) is 12.1 Å². The van der Waals surface area contributed by atoms with Crippen LogP contribution < -0.4 is 5.32 Å². The van der Waals surface area contributed by atoms with E-state index in [0.717, 1.165) is 24.0 Å². The molecule has 9 heteroatoms. The summed E-state index contributed by atoms with van der Waals surface area (Å²) >= 11 is 11.7. The Hall–Kier alpha value is -3.42. The van der Waals surface area contributed by atoms with Crippen molar-refractivity contribution in [1.82, 2.24) is 9.80 Å². The number of piperidine rings is 1. The lowest BCUT2D eigenvalue weighted by molar-refractivity contribution is -0.128. The molecule has 202 valence electrons. The number of hydrogen-bond donors (Lipinski definition) is 1. The summed E-state index contributed by atoms with van der Waals surface area (Å²) < 4.78 is 13.7. The van der Waals surface area contributed by atoms with Crippen molar-refractivity contribution in [3.05, 3.63) is 99.3 Å². The first kappa shape index (κ1) is 27.2. The van der Waals surface area contributed by atoms with Crippen molar-refractivity contribution < 1.29 is 18.8 Å². The molecule has 39 heavy (non-hydrogen) atoms. The first-order valence-electron chi connectivity index (χ1n) is 12.9. The van der Waals surface area contributed by atoms with Gasteiger partial charge in [0.25, 0.3) is 5.91 Å². The highest BCUT2D eigenvalue weighted by Gasteiger charge is 2.34. The maximum Gasteiger partial charge on any atom is 0.253 e. The molecule has 0 unspecified atom stereocenters. The average Bonchev–Trinajstić information content (AvgIpc) is 3.32. The maximum atomic E-state index is 13.7. The molecule has 2 saturated heterocycles. The molecule has 3 aromatic carbocycles. The second kappa shape index (κ2) is 11.8. The van der Waals surface area contributed by atoms with Crippen LogP contribution >= 0.6 is 23.2 Å². The molecule has 2 aliphatic rings. The number of amides is 3. The topological polar surface area (TPSA) is 69.7 Å². The van der Waals surface area contributed by atoms with Crippen LogP contribution in [0.15, 0.2) is 66.7 Å². The van der Waals surface area contributed by atoms with Crippen molar-refractivity contribution in [3.8, 4) is 0 Å². The Balaban J connectivity index is 1.12. The van der Waals surface area contributed by atoms with Crippen LogP contribution in [0.5, 0.6) is 0 Å². The highest BCUT2D eigenvalue weighted by Crippen LogP contribution is 2.31. The van der Waals surface area contributed by atoms with E-state index in [1.807, 2.05) is 54.6 Å². The molecular formula is C30H28Cl2FN3O3. The van der Waals surface area contributed by atoms with Crippen LogP contribution in [-0.4, -0.2) is 47.2 Å². The third-order valence-corrected chi connectivity index (χ3v) is 8.01. The van der Waals surface area contributed by atoms with E-state index in [2.05, 4.69) is 5.32 Å². The van der Waals surface area contributed by atoms with E-state index >= 15 is 0 Å². The molecule has 2 aliphatic heterocycles. The van der Waals surface area contributed by atoms with Crippen LogP contribution in [0.3, 0.4) is 0 Å².